The number of hydrogen-bond donors (Lipinski definition) is 1. The number of ketones is 1. The molecule has 0 atom stereocenters. The fraction of sp³-hybridized carbons (Fsp3) is 0.500. The van der Waals surface area contributed by atoms with Crippen molar-refractivity contribution in [2.75, 3.05) is 39.5 Å². The zero-order chi connectivity index (χ0) is 18.1. The van der Waals surface area contributed by atoms with Gasteiger partial charge in [0.1, 0.15) is 0 Å². The first kappa shape index (κ1) is 16.8. The van der Waals surface area contributed by atoms with Gasteiger partial charge in [-0.1, -0.05) is 0 Å². The molecule has 3 aliphatic rings. The monoisotopic (exact) mass is 359 g/mol. The number of benzene rings is 1. The summed E-state index contributed by atoms with van der Waals surface area (Å²) < 4.78 is 10.4. The molecule has 0 spiro atoms. The number of Topliss-reactive ketones (excluding diaryl/α,β-unsaturated/α-hetero) is 1. The molecule has 1 aliphatic carbocycles. The van der Waals surface area contributed by atoms with Crippen LogP contribution in [0.25, 0.3) is 0 Å². The molecule has 1 N–H and O–H groups in total. The Morgan fingerprint density at radius 1 is 1.04 bits per heavy atom. The van der Waals surface area contributed by atoms with Crippen LogP contribution in [0, 0.1) is 0 Å². The second kappa shape index (κ2) is 6.95. The van der Waals surface area contributed by atoms with Gasteiger partial charge in [0, 0.05) is 37.8 Å². The van der Waals surface area contributed by atoms with Crippen LogP contribution in [-0.4, -0.2) is 73.0 Å². The minimum absolute atomic E-state index is 0.0989. The molecule has 4 rings (SSSR count). The van der Waals surface area contributed by atoms with Crippen LogP contribution >= 0.6 is 0 Å². The standard InChI is InChI=1S/C18H21N3O5/c22-16(21-7-5-20(6-8-21)13-2-3-13)10-19-18(24)17(23)12-1-4-14-15(9-12)26-11-25-14/h1,4,9,13H,2-3,5-8,10-11H2,(H,19,24). The Labute approximate surface area is 151 Å². The van der Waals surface area contributed by atoms with Gasteiger partial charge in [0.05, 0.1) is 6.54 Å². The average molecular weight is 359 g/mol. The summed E-state index contributed by atoms with van der Waals surface area (Å²) in [5.74, 6) is -0.675. The predicted molar refractivity (Wildman–Crippen MR) is 91.1 cm³/mol. The SMILES string of the molecule is O=C(NCC(=O)N1CCN(C2CC2)CC1)C(=O)c1ccc2c(c1)OCO2. The lowest BCUT2D eigenvalue weighted by Gasteiger charge is -2.34. The fourth-order valence-electron chi connectivity index (χ4n) is 3.29. The first-order valence-electron chi connectivity index (χ1n) is 8.86. The van der Waals surface area contributed by atoms with Crippen molar-refractivity contribution in [2.45, 2.75) is 18.9 Å². The van der Waals surface area contributed by atoms with E-state index in [0.717, 1.165) is 13.1 Å². The van der Waals surface area contributed by atoms with Crippen molar-refractivity contribution < 1.29 is 23.9 Å². The summed E-state index contributed by atoms with van der Waals surface area (Å²) in [7, 11) is 0. The van der Waals surface area contributed by atoms with Crippen molar-refractivity contribution in [3.63, 3.8) is 0 Å². The van der Waals surface area contributed by atoms with Crippen LogP contribution < -0.4 is 14.8 Å². The van der Waals surface area contributed by atoms with Crippen LogP contribution in [0.5, 0.6) is 11.5 Å². The number of amides is 2. The largest absolute Gasteiger partial charge is 0.454 e. The summed E-state index contributed by atoms with van der Waals surface area (Å²) in [6.07, 6.45) is 2.51. The number of carbonyl (C=O) groups is 3. The molecule has 1 aromatic carbocycles. The summed E-state index contributed by atoms with van der Waals surface area (Å²) in [4.78, 5) is 40.7. The second-order valence-corrected chi connectivity index (χ2v) is 6.73. The number of ether oxygens (including phenoxy) is 2. The van der Waals surface area contributed by atoms with Crippen molar-refractivity contribution in [1.82, 2.24) is 15.1 Å². The summed E-state index contributed by atoms with van der Waals surface area (Å²) in [6.45, 7) is 3.02. The van der Waals surface area contributed by atoms with E-state index in [9.17, 15) is 14.4 Å². The van der Waals surface area contributed by atoms with Gasteiger partial charge in [-0.2, -0.15) is 0 Å². The third-order valence-corrected chi connectivity index (χ3v) is 4.97. The Balaban J connectivity index is 1.26. The van der Waals surface area contributed by atoms with E-state index in [1.165, 1.54) is 25.0 Å². The van der Waals surface area contributed by atoms with E-state index in [1.54, 1.807) is 11.0 Å². The van der Waals surface area contributed by atoms with Gasteiger partial charge in [-0.25, -0.2) is 0 Å². The maximum absolute atomic E-state index is 12.3. The van der Waals surface area contributed by atoms with Gasteiger partial charge >= 0.3 is 0 Å². The molecule has 0 radical (unpaired) electrons. The normalized spacial score (nSPS) is 19.3. The van der Waals surface area contributed by atoms with Crippen molar-refractivity contribution >= 4 is 17.6 Å². The number of nitrogens with zero attached hydrogens (tertiary/aromatic N) is 2. The van der Waals surface area contributed by atoms with Crippen molar-refractivity contribution in [3.8, 4) is 11.5 Å². The Bertz CT molecular complexity index is 738. The van der Waals surface area contributed by atoms with Gasteiger partial charge in [-0.3, -0.25) is 19.3 Å². The van der Waals surface area contributed by atoms with E-state index in [2.05, 4.69) is 10.2 Å². The quantitative estimate of drug-likeness (QED) is 0.589. The molecule has 1 saturated heterocycles. The molecule has 26 heavy (non-hydrogen) atoms. The summed E-state index contributed by atoms with van der Waals surface area (Å²) >= 11 is 0. The van der Waals surface area contributed by atoms with Crippen LogP contribution in [0.15, 0.2) is 18.2 Å². The zero-order valence-corrected chi connectivity index (χ0v) is 14.4. The highest BCUT2D eigenvalue weighted by molar-refractivity contribution is 6.43. The van der Waals surface area contributed by atoms with Crippen LogP contribution in [0.2, 0.25) is 0 Å². The van der Waals surface area contributed by atoms with Gasteiger partial charge < -0.3 is 19.7 Å². The molecule has 0 bridgehead atoms. The third-order valence-electron chi connectivity index (χ3n) is 4.97. The Hall–Kier alpha value is -2.61. The highest BCUT2D eigenvalue weighted by Gasteiger charge is 2.32. The van der Waals surface area contributed by atoms with Crippen molar-refractivity contribution in [3.05, 3.63) is 23.8 Å². The lowest BCUT2D eigenvalue weighted by Crippen LogP contribution is -2.52. The van der Waals surface area contributed by atoms with Gasteiger partial charge in [-0.15, -0.1) is 0 Å². The summed E-state index contributed by atoms with van der Waals surface area (Å²) in [6, 6.07) is 5.27. The molecule has 0 aromatic heterocycles. The van der Waals surface area contributed by atoms with E-state index >= 15 is 0 Å². The lowest BCUT2D eigenvalue weighted by molar-refractivity contribution is -0.133. The number of carbonyl (C=O) groups excluding carboxylic acids is 3. The molecule has 138 valence electrons. The first-order valence-corrected chi connectivity index (χ1v) is 8.86. The van der Waals surface area contributed by atoms with Crippen molar-refractivity contribution in [1.29, 1.82) is 0 Å². The highest BCUT2D eigenvalue weighted by atomic mass is 16.7. The fourth-order valence-corrected chi connectivity index (χ4v) is 3.29. The minimum Gasteiger partial charge on any atom is -0.454 e. The molecule has 2 fully saturated rings. The second-order valence-electron chi connectivity index (χ2n) is 6.73. The first-order chi connectivity index (χ1) is 12.6. The molecular weight excluding hydrogens is 338 g/mol. The van der Waals surface area contributed by atoms with E-state index in [-0.39, 0.29) is 24.8 Å². The molecule has 2 amide bonds. The molecule has 2 heterocycles. The van der Waals surface area contributed by atoms with Gasteiger partial charge in [0.2, 0.25) is 18.5 Å². The predicted octanol–water partition coefficient (Wildman–Crippen LogP) is 0.0208. The zero-order valence-electron chi connectivity index (χ0n) is 14.4. The molecule has 8 heteroatoms. The number of hydrogen-bond acceptors (Lipinski definition) is 6. The Kier molecular flexibility index (Phi) is 4.50. The number of fused-ring (bicyclic) bond motifs is 1. The van der Waals surface area contributed by atoms with E-state index < -0.39 is 11.7 Å². The molecule has 8 nitrogen and oxygen atoms in total. The van der Waals surface area contributed by atoms with Crippen LogP contribution in [-0.2, 0) is 9.59 Å². The maximum Gasteiger partial charge on any atom is 0.292 e. The highest BCUT2D eigenvalue weighted by Crippen LogP contribution is 2.32. The number of rotatable bonds is 5. The number of nitrogens with one attached hydrogen (secondary N) is 1. The molecule has 1 aromatic rings. The third kappa shape index (κ3) is 3.50. The van der Waals surface area contributed by atoms with E-state index in [4.69, 9.17) is 9.47 Å². The van der Waals surface area contributed by atoms with Crippen LogP contribution in [0.4, 0.5) is 0 Å². The van der Waals surface area contributed by atoms with Crippen LogP contribution in [0.3, 0.4) is 0 Å². The topological polar surface area (TPSA) is 88.2 Å². The lowest BCUT2D eigenvalue weighted by atomic mass is 10.1. The maximum atomic E-state index is 12.3. The Morgan fingerprint density at radius 3 is 2.50 bits per heavy atom. The van der Waals surface area contributed by atoms with Crippen molar-refractivity contribution in [2.24, 2.45) is 0 Å². The minimum atomic E-state index is -0.797. The molecule has 2 aliphatic heterocycles. The summed E-state index contributed by atoms with van der Waals surface area (Å²) in [5.41, 5.74) is 0.206. The average Bonchev–Trinajstić information content (AvgIpc) is 3.42. The van der Waals surface area contributed by atoms with E-state index in [1.807, 2.05) is 0 Å². The van der Waals surface area contributed by atoms with Gasteiger partial charge in [0.25, 0.3) is 5.91 Å². The van der Waals surface area contributed by atoms with Gasteiger partial charge in [0.15, 0.2) is 11.5 Å². The molecule has 0 unspecified atom stereocenters. The summed E-state index contributed by atoms with van der Waals surface area (Å²) in [5, 5.41) is 2.43. The number of piperazine rings is 1. The Morgan fingerprint density at radius 2 is 1.77 bits per heavy atom. The van der Waals surface area contributed by atoms with Crippen LogP contribution in [0.1, 0.15) is 23.2 Å². The smallest absolute Gasteiger partial charge is 0.292 e. The molecular formula is C18H21N3O5. The van der Waals surface area contributed by atoms with Gasteiger partial charge in [-0.05, 0) is 31.0 Å². The molecule has 1 saturated carbocycles. The van der Waals surface area contributed by atoms with E-state index in [0.29, 0.717) is 30.6 Å².